The van der Waals surface area contributed by atoms with Crippen LogP contribution in [-0.4, -0.2) is 18.0 Å². The van der Waals surface area contributed by atoms with Crippen LogP contribution in [0.4, 0.5) is 5.69 Å². The molecule has 7 nitrogen and oxygen atoms in total. The van der Waals surface area contributed by atoms with Crippen LogP contribution in [0.15, 0.2) is 53.1 Å². The Balaban J connectivity index is 1.72. The van der Waals surface area contributed by atoms with Crippen molar-refractivity contribution in [2.24, 2.45) is 0 Å². The number of furan rings is 1. The fourth-order valence-electron chi connectivity index (χ4n) is 2.41. The van der Waals surface area contributed by atoms with Crippen LogP contribution in [0.25, 0.3) is 0 Å². The van der Waals surface area contributed by atoms with E-state index >= 15 is 0 Å². The zero-order chi connectivity index (χ0) is 19.2. The van der Waals surface area contributed by atoms with Gasteiger partial charge in [-0.05, 0) is 55.0 Å². The molecule has 0 radical (unpaired) electrons. The minimum atomic E-state index is -0.356. The van der Waals surface area contributed by atoms with Crippen LogP contribution in [0.2, 0.25) is 0 Å². The summed E-state index contributed by atoms with van der Waals surface area (Å²) in [5, 5.41) is 11.9. The molecule has 0 aliphatic carbocycles. The molecule has 27 heavy (non-hydrogen) atoms. The molecule has 1 N–H and O–H groups in total. The number of carbonyl (C=O) groups is 1. The first-order valence-corrected chi connectivity index (χ1v) is 8.13. The zero-order valence-corrected chi connectivity index (χ0v) is 14.9. The molecule has 1 amide bonds. The molecule has 0 saturated carbocycles. The minimum Gasteiger partial charge on any atom is -0.453 e. The van der Waals surface area contributed by atoms with Crippen molar-refractivity contribution in [3.63, 3.8) is 0 Å². The zero-order valence-electron chi connectivity index (χ0n) is 14.9. The summed E-state index contributed by atoms with van der Waals surface area (Å²) in [6, 6.07) is 13.8. The maximum Gasteiger partial charge on any atom is 0.291 e. The van der Waals surface area contributed by atoms with Gasteiger partial charge in [0.1, 0.15) is 29.7 Å². The Kier molecular flexibility index (Phi) is 5.50. The Morgan fingerprint density at radius 2 is 2.15 bits per heavy atom. The van der Waals surface area contributed by atoms with Crippen LogP contribution in [0, 0.1) is 18.3 Å². The van der Waals surface area contributed by atoms with Crippen molar-refractivity contribution < 1.29 is 18.7 Å². The van der Waals surface area contributed by atoms with Crippen LogP contribution < -0.4 is 10.1 Å². The second kappa shape index (κ2) is 8.17. The van der Waals surface area contributed by atoms with Crippen molar-refractivity contribution >= 4 is 11.6 Å². The largest absolute Gasteiger partial charge is 0.453 e. The lowest BCUT2D eigenvalue weighted by atomic mass is 10.2. The lowest BCUT2D eigenvalue weighted by molar-refractivity contribution is 0.0987. The Bertz CT molecular complexity index is 1000. The number of aryl methyl sites for hydroxylation is 1. The van der Waals surface area contributed by atoms with Crippen LogP contribution in [0.1, 0.15) is 27.4 Å². The minimum absolute atomic E-state index is 0.203. The highest BCUT2D eigenvalue weighted by Crippen LogP contribution is 2.27. The van der Waals surface area contributed by atoms with Gasteiger partial charge in [-0.25, -0.2) is 4.98 Å². The summed E-state index contributed by atoms with van der Waals surface area (Å²) in [6.45, 7) is 2.14. The summed E-state index contributed by atoms with van der Waals surface area (Å²) >= 11 is 0. The van der Waals surface area contributed by atoms with E-state index in [-0.39, 0.29) is 17.5 Å². The molecule has 0 unspecified atom stereocenters. The van der Waals surface area contributed by atoms with E-state index in [0.29, 0.717) is 29.4 Å². The Morgan fingerprint density at radius 1 is 1.30 bits per heavy atom. The Morgan fingerprint density at radius 3 is 2.89 bits per heavy atom. The van der Waals surface area contributed by atoms with Crippen molar-refractivity contribution in [1.82, 2.24) is 4.98 Å². The summed E-state index contributed by atoms with van der Waals surface area (Å²) in [7, 11) is 1.56. The van der Waals surface area contributed by atoms with Crippen molar-refractivity contribution in [2.45, 2.75) is 13.5 Å². The van der Waals surface area contributed by atoms with Gasteiger partial charge in [0.25, 0.3) is 5.91 Å². The highest BCUT2D eigenvalue weighted by Gasteiger charge is 2.13. The van der Waals surface area contributed by atoms with Gasteiger partial charge in [-0.2, -0.15) is 5.26 Å². The van der Waals surface area contributed by atoms with Gasteiger partial charge in [-0.15, -0.1) is 0 Å². The van der Waals surface area contributed by atoms with E-state index in [1.807, 2.05) is 13.0 Å². The number of ether oxygens (including phenoxy) is 2. The average molecular weight is 363 g/mol. The molecule has 0 bridgehead atoms. The van der Waals surface area contributed by atoms with E-state index in [9.17, 15) is 4.79 Å². The fraction of sp³-hybridized carbons (Fsp3) is 0.150. The SMILES string of the molecule is COCc1ccc(C(=O)Nc2ccc(Oc3ncccc3C#N)cc2C)o1. The summed E-state index contributed by atoms with van der Waals surface area (Å²) in [5.41, 5.74) is 1.76. The molecule has 1 aromatic carbocycles. The molecule has 0 atom stereocenters. The standard InChI is InChI=1S/C20H17N3O4/c1-13-10-15(27-20-14(11-21)4-3-9-22-20)5-7-17(13)23-19(24)18-8-6-16(26-18)12-25-2/h3-10H,12H2,1-2H3,(H,23,24). The highest BCUT2D eigenvalue weighted by atomic mass is 16.5. The predicted molar refractivity (Wildman–Crippen MR) is 97.6 cm³/mol. The van der Waals surface area contributed by atoms with Gasteiger partial charge in [0.05, 0.1) is 0 Å². The number of amides is 1. The quantitative estimate of drug-likeness (QED) is 0.710. The first kappa shape index (κ1) is 18.2. The van der Waals surface area contributed by atoms with Crippen molar-refractivity contribution in [3.05, 3.63) is 71.3 Å². The lowest BCUT2D eigenvalue weighted by Crippen LogP contribution is -2.11. The fourth-order valence-corrected chi connectivity index (χ4v) is 2.41. The van der Waals surface area contributed by atoms with Crippen LogP contribution in [0.5, 0.6) is 11.6 Å². The van der Waals surface area contributed by atoms with Gasteiger partial charge in [0.15, 0.2) is 5.76 Å². The van der Waals surface area contributed by atoms with E-state index in [1.165, 1.54) is 0 Å². The molecule has 0 aliphatic rings. The summed E-state index contributed by atoms with van der Waals surface area (Å²) in [6.07, 6.45) is 1.55. The van der Waals surface area contributed by atoms with E-state index in [4.69, 9.17) is 19.2 Å². The number of benzene rings is 1. The monoisotopic (exact) mass is 363 g/mol. The van der Waals surface area contributed by atoms with Crippen LogP contribution in [0.3, 0.4) is 0 Å². The Hall–Kier alpha value is -3.63. The smallest absolute Gasteiger partial charge is 0.291 e. The number of rotatable bonds is 6. The number of anilines is 1. The molecule has 0 fully saturated rings. The average Bonchev–Trinajstić information content (AvgIpc) is 3.13. The summed E-state index contributed by atoms with van der Waals surface area (Å²) < 4.78 is 16.1. The molecule has 136 valence electrons. The molecule has 2 aromatic heterocycles. The van der Waals surface area contributed by atoms with Gasteiger partial charge in [0, 0.05) is 19.0 Å². The predicted octanol–water partition coefficient (Wildman–Crippen LogP) is 4.05. The normalized spacial score (nSPS) is 10.3. The molecule has 2 heterocycles. The summed E-state index contributed by atoms with van der Waals surface area (Å²) in [5.74, 6) is 1.17. The number of hydrogen-bond acceptors (Lipinski definition) is 6. The van der Waals surface area contributed by atoms with Crippen LogP contribution >= 0.6 is 0 Å². The number of aromatic nitrogens is 1. The molecular weight excluding hydrogens is 346 g/mol. The molecule has 0 spiro atoms. The first-order chi connectivity index (χ1) is 13.1. The number of methoxy groups -OCH3 is 1. The number of carbonyl (C=O) groups excluding carboxylic acids is 1. The van der Waals surface area contributed by atoms with Gasteiger partial charge < -0.3 is 19.2 Å². The van der Waals surface area contributed by atoms with Gasteiger partial charge >= 0.3 is 0 Å². The van der Waals surface area contributed by atoms with Crippen LogP contribution in [-0.2, 0) is 11.3 Å². The Labute approximate surface area is 156 Å². The second-order valence-electron chi connectivity index (χ2n) is 5.70. The topological polar surface area (TPSA) is 97.4 Å². The third kappa shape index (κ3) is 4.32. The van der Waals surface area contributed by atoms with Gasteiger partial charge in [0.2, 0.25) is 5.88 Å². The lowest BCUT2D eigenvalue weighted by Gasteiger charge is -2.10. The molecule has 7 heteroatoms. The first-order valence-electron chi connectivity index (χ1n) is 8.13. The van der Waals surface area contributed by atoms with Gasteiger partial charge in [-0.3, -0.25) is 4.79 Å². The maximum absolute atomic E-state index is 12.3. The number of pyridine rings is 1. The number of nitrogens with zero attached hydrogens (tertiary/aromatic N) is 2. The highest BCUT2D eigenvalue weighted by molar-refractivity contribution is 6.02. The van der Waals surface area contributed by atoms with Crippen molar-refractivity contribution in [3.8, 4) is 17.7 Å². The van der Waals surface area contributed by atoms with E-state index in [1.54, 1.807) is 55.8 Å². The van der Waals surface area contributed by atoms with Crippen molar-refractivity contribution in [2.75, 3.05) is 12.4 Å². The third-order valence-electron chi connectivity index (χ3n) is 3.72. The molecule has 3 rings (SSSR count). The number of hydrogen-bond donors (Lipinski definition) is 1. The van der Waals surface area contributed by atoms with Crippen molar-refractivity contribution in [1.29, 1.82) is 5.26 Å². The molecular formula is C20H17N3O4. The van der Waals surface area contributed by atoms with E-state index in [0.717, 1.165) is 5.56 Å². The number of nitriles is 1. The van der Waals surface area contributed by atoms with E-state index in [2.05, 4.69) is 10.3 Å². The maximum atomic E-state index is 12.3. The molecule has 0 saturated heterocycles. The molecule has 0 aliphatic heterocycles. The second-order valence-corrected chi connectivity index (χ2v) is 5.70. The summed E-state index contributed by atoms with van der Waals surface area (Å²) in [4.78, 5) is 16.4. The van der Waals surface area contributed by atoms with Gasteiger partial charge in [-0.1, -0.05) is 0 Å². The number of nitrogens with one attached hydrogen (secondary N) is 1. The third-order valence-corrected chi connectivity index (χ3v) is 3.72. The molecule has 3 aromatic rings. The van der Waals surface area contributed by atoms with E-state index < -0.39 is 0 Å².